The maximum atomic E-state index is 12.9. The summed E-state index contributed by atoms with van der Waals surface area (Å²) in [4.78, 5) is 14.9. The van der Waals surface area contributed by atoms with Crippen LogP contribution in [-0.2, 0) is 17.9 Å². The Hall–Kier alpha value is -3.87. The third kappa shape index (κ3) is 6.32. The van der Waals surface area contributed by atoms with Gasteiger partial charge in [-0.1, -0.05) is 30.3 Å². The van der Waals surface area contributed by atoms with Crippen molar-refractivity contribution < 1.29 is 23.7 Å². The lowest BCUT2D eigenvalue weighted by Crippen LogP contribution is -2.36. The Labute approximate surface area is 194 Å². The average molecular weight is 451 g/mol. The van der Waals surface area contributed by atoms with Crippen LogP contribution in [0.3, 0.4) is 0 Å². The Kier molecular flexibility index (Phi) is 8.41. The van der Waals surface area contributed by atoms with E-state index in [1.165, 1.54) is 0 Å². The number of hydrogen-bond acceptors (Lipinski definition) is 6. The van der Waals surface area contributed by atoms with E-state index >= 15 is 0 Å². The number of anilines is 1. The van der Waals surface area contributed by atoms with Gasteiger partial charge in [0.05, 0.1) is 35.0 Å². The van der Waals surface area contributed by atoms with E-state index in [2.05, 4.69) is 5.32 Å². The van der Waals surface area contributed by atoms with Crippen LogP contribution in [0.1, 0.15) is 11.1 Å². The molecule has 7 heteroatoms. The van der Waals surface area contributed by atoms with Gasteiger partial charge in [-0.25, -0.2) is 0 Å². The van der Waals surface area contributed by atoms with Gasteiger partial charge in [-0.3, -0.25) is 4.79 Å². The van der Waals surface area contributed by atoms with E-state index in [0.29, 0.717) is 30.3 Å². The normalized spacial score (nSPS) is 10.3. The smallest absolute Gasteiger partial charge is 0.239 e. The van der Waals surface area contributed by atoms with E-state index in [1.807, 2.05) is 65.6 Å². The highest BCUT2D eigenvalue weighted by Crippen LogP contribution is 2.34. The van der Waals surface area contributed by atoms with Crippen LogP contribution in [0.15, 0.2) is 66.7 Å². The quantitative estimate of drug-likeness (QED) is 0.476. The monoisotopic (exact) mass is 450 g/mol. The number of rotatable bonds is 11. The maximum absolute atomic E-state index is 12.9. The van der Waals surface area contributed by atoms with Crippen LogP contribution in [0, 0.1) is 0 Å². The zero-order valence-corrected chi connectivity index (χ0v) is 19.5. The van der Waals surface area contributed by atoms with E-state index < -0.39 is 0 Å². The summed E-state index contributed by atoms with van der Waals surface area (Å²) in [6.07, 6.45) is 0. The molecule has 33 heavy (non-hydrogen) atoms. The highest BCUT2D eigenvalue weighted by atomic mass is 16.5. The number of ether oxygens (including phenoxy) is 4. The Morgan fingerprint density at radius 3 is 2.03 bits per heavy atom. The molecule has 1 amide bonds. The fraction of sp³-hybridized carbons (Fsp3) is 0.269. The number of benzene rings is 3. The molecule has 0 radical (unpaired) electrons. The van der Waals surface area contributed by atoms with Crippen molar-refractivity contribution >= 4 is 11.6 Å². The summed E-state index contributed by atoms with van der Waals surface area (Å²) in [5.74, 6) is 2.41. The molecule has 0 spiro atoms. The molecule has 0 atom stereocenters. The number of carbonyl (C=O) groups is 1. The van der Waals surface area contributed by atoms with Crippen LogP contribution in [0.2, 0.25) is 0 Å². The predicted octanol–water partition coefficient (Wildman–Crippen LogP) is 4.04. The minimum atomic E-state index is -0.112. The fourth-order valence-corrected chi connectivity index (χ4v) is 3.49. The van der Waals surface area contributed by atoms with Gasteiger partial charge in [0.2, 0.25) is 5.91 Å². The predicted molar refractivity (Wildman–Crippen MR) is 128 cm³/mol. The van der Waals surface area contributed by atoms with Crippen molar-refractivity contribution in [3.63, 3.8) is 0 Å². The molecule has 7 nitrogen and oxygen atoms in total. The van der Waals surface area contributed by atoms with Gasteiger partial charge in [-0.2, -0.15) is 0 Å². The third-order valence-electron chi connectivity index (χ3n) is 5.25. The molecule has 0 aliphatic rings. The first-order valence-electron chi connectivity index (χ1n) is 10.6. The third-order valence-corrected chi connectivity index (χ3v) is 5.25. The minimum Gasteiger partial charge on any atom is -0.497 e. The molecule has 0 saturated carbocycles. The molecular formula is C26H30N2O5. The Morgan fingerprint density at radius 2 is 1.42 bits per heavy atom. The minimum absolute atomic E-state index is 0.112. The summed E-state index contributed by atoms with van der Waals surface area (Å²) in [7, 11) is 6.35. The molecule has 174 valence electrons. The molecule has 0 saturated heterocycles. The molecule has 0 fully saturated rings. The van der Waals surface area contributed by atoms with Crippen LogP contribution >= 0.6 is 0 Å². The standard InChI is InChI=1S/C26H30N2O5/c1-30-22-12-10-21(11-13-22)28(17-19-8-6-5-7-9-19)18-26(29)27-16-20-14-24(32-3)25(33-4)15-23(20)31-2/h5-15H,16-18H2,1-4H3,(H,27,29). The first-order chi connectivity index (χ1) is 16.1. The van der Waals surface area contributed by atoms with E-state index in [9.17, 15) is 4.79 Å². The second kappa shape index (κ2) is 11.7. The fourth-order valence-electron chi connectivity index (χ4n) is 3.49. The molecule has 3 aromatic rings. The van der Waals surface area contributed by atoms with Crippen molar-refractivity contribution in [1.82, 2.24) is 5.32 Å². The largest absolute Gasteiger partial charge is 0.497 e. The van der Waals surface area contributed by atoms with Gasteiger partial charge in [0.25, 0.3) is 0 Å². The molecule has 0 aliphatic heterocycles. The lowest BCUT2D eigenvalue weighted by Gasteiger charge is -2.25. The molecule has 3 rings (SSSR count). The van der Waals surface area contributed by atoms with Crippen molar-refractivity contribution in [3.05, 3.63) is 77.9 Å². The molecule has 0 unspecified atom stereocenters. The van der Waals surface area contributed by atoms with Crippen molar-refractivity contribution in [2.75, 3.05) is 39.9 Å². The molecule has 1 N–H and O–H groups in total. The Balaban J connectivity index is 1.74. The van der Waals surface area contributed by atoms with Crippen molar-refractivity contribution in [2.45, 2.75) is 13.1 Å². The average Bonchev–Trinajstić information content (AvgIpc) is 2.87. The summed E-state index contributed by atoms with van der Waals surface area (Å²) < 4.78 is 21.4. The highest BCUT2D eigenvalue weighted by molar-refractivity contribution is 5.81. The lowest BCUT2D eigenvalue weighted by molar-refractivity contribution is -0.119. The Bertz CT molecular complexity index is 1040. The second-order valence-electron chi connectivity index (χ2n) is 7.34. The van der Waals surface area contributed by atoms with Crippen LogP contribution in [0.5, 0.6) is 23.0 Å². The second-order valence-corrected chi connectivity index (χ2v) is 7.34. The first-order valence-corrected chi connectivity index (χ1v) is 10.6. The van der Waals surface area contributed by atoms with E-state index in [1.54, 1.807) is 34.5 Å². The van der Waals surface area contributed by atoms with E-state index in [4.69, 9.17) is 18.9 Å². The maximum Gasteiger partial charge on any atom is 0.239 e. The molecule has 0 aliphatic carbocycles. The zero-order valence-electron chi connectivity index (χ0n) is 19.5. The zero-order chi connectivity index (χ0) is 23.6. The number of amides is 1. The first kappa shape index (κ1) is 23.8. The number of carbonyl (C=O) groups excluding carboxylic acids is 1. The van der Waals surface area contributed by atoms with Crippen LogP contribution < -0.4 is 29.2 Å². The highest BCUT2D eigenvalue weighted by Gasteiger charge is 2.15. The number of hydrogen-bond donors (Lipinski definition) is 1. The van der Waals surface area contributed by atoms with Crippen molar-refractivity contribution in [2.24, 2.45) is 0 Å². The molecular weight excluding hydrogens is 420 g/mol. The van der Waals surface area contributed by atoms with Gasteiger partial charge >= 0.3 is 0 Å². The van der Waals surface area contributed by atoms with Gasteiger partial charge in [0, 0.05) is 30.4 Å². The van der Waals surface area contributed by atoms with E-state index in [0.717, 1.165) is 22.6 Å². The summed E-state index contributed by atoms with van der Waals surface area (Å²) in [5, 5.41) is 2.99. The molecule has 0 bridgehead atoms. The van der Waals surface area contributed by atoms with Crippen LogP contribution in [-0.4, -0.2) is 40.9 Å². The topological polar surface area (TPSA) is 69.3 Å². The summed E-state index contributed by atoms with van der Waals surface area (Å²) >= 11 is 0. The van der Waals surface area contributed by atoms with Crippen LogP contribution in [0.4, 0.5) is 5.69 Å². The molecule has 0 heterocycles. The number of nitrogens with one attached hydrogen (secondary N) is 1. The van der Waals surface area contributed by atoms with Gasteiger partial charge in [0.15, 0.2) is 11.5 Å². The summed E-state index contributed by atoms with van der Waals surface area (Å²) in [5.41, 5.74) is 2.84. The SMILES string of the molecule is COc1ccc(N(CC(=O)NCc2cc(OC)c(OC)cc2OC)Cc2ccccc2)cc1. The number of methoxy groups -OCH3 is 4. The van der Waals surface area contributed by atoms with Crippen molar-refractivity contribution in [3.8, 4) is 23.0 Å². The molecule has 0 aromatic heterocycles. The van der Waals surface area contributed by atoms with Gasteiger partial charge < -0.3 is 29.2 Å². The number of nitrogens with zero attached hydrogens (tertiary/aromatic N) is 1. The van der Waals surface area contributed by atoms with Crippen LogP contribution in [0.25, 0.3) is 0 Å². The van der Waals surface area contributed by atoms with E-state index in [-0.39, 0.29) is 12.5 Å². The lowest BCUT2D eigenvalue weighted by atomic mass is 10.1. The summed E-state index contributed by atoms with van der Waals surface area (Å²) in [6.45, 7) is 1.08. The van der Waals surface area contributed by atoms with Gasteiger partial charge in [-0.15, -0.1) is 0 Å². The Morgan fingerprint density at radius 1 is 0.788 bits per heavy atom. The molecule has 3 aromatic carbocycles. The summed E-state index contributed by atoms with van der Waals surface area (Å²) in [6, 6.07) is 21.3. The van der Waals surface area contributed by atoms with Crippen molar-refractivity contribution in [1.29, 1.82) is 0 Å². The van der Waals surface area contributed by atoms with Gasteiger partial charge in [0.1, 0.15) is 11.5 Å². The van der Waals surface area contributed by atoms with Gasteiger partial charge in [-0.05, 0) is 35.9 Å².